The molecule has 2 rings (SSSR count). The summed E-state index contributed by atoms with van der Waals surface area (Å²) in [4.78, 5) is 23.6. The molecule has 0 atom stereocenters. The van der Waals surface area contributed by atoms with Crippen molar-refractivity contribution in [3.8, 4) is 0 Å². The SMILES string of the molecule is CC(C)c1ccc(NC(=O)C(=O)N/N=C\c2cccc(Br)c2)cc1. The Morgan fingerprint density at radius 2 is 1.79 bits per heavy atom. The minimum atomic E-state index is -0.825. The van der Waals surface area contributed by atoms with Gasteiger partial charge in [0, 0.05) is 10.2 Å². The fourth-order valence-electron chi connectivity index (χ4n) is 1.94. The molecule has 2 aromatic rings. The minimum absolute atomic E-state index is 0.408. The highest BCUT2D eigenvalue weighted by molar-refractivity contribution is 9.10. The molecule has 0 radical (unpaired) electrons. The summed E-state index contributed by atoms with van der Waals surface area (Å²) >= 11 is 3.34. The van der Waals surface area contributed by atoms with Crippen LogP contribution in [0.4, 0.5) is 5.69 Å². The van der Waals surface area contributed by atoms with E-state index < -0.39 is 11.8 Å². The van der Waals surface area contributed by atoms with Crippen LogP contribution in [-0.2, 0) is 9.59 Å². The van der Waals surface area contributed by atoms with Crippen LogP contribution in [0.15, 0.2) is 58.1 Å². The number of hydrazone groups is 1. The molecular formula is C18H18BrN3O2. The van der Waals surface area contributed by atoms with Crippen molar-refractivity contribution < 1.29 is 9.59 Å². The van der Waals surface area contributed by atoms with Gasteiger partial charge >= 0.3 is 11.8 Å². The second-order valence-corrected chi connectivity index (χ2v) is 6.40. The lowest BCUT2D eigenvalue weighted by Crippen LogP contribution is -2.32. The Labute approximate surface area is 149 Å². The lowest BCUT2D eigenvalue weighted by molar-refractivity contribution is -0.136. The molecule has 0 aromatic heterocycles. The maximum Gasteiger partial charge on any atom is 0.329 e. The van der Waals surface area contributed by atoms with E-state index in [1.165, 1.54) is 6.21 Å². The maximum atomic E-state index is 11.8. The van der Waals surface area contributed by atoms with E-state index in [0.29, 0.717) is 11.6 Å². The number of rotatable bonds is 4. The molecule has 0 bridgehead atoms. The van der Waals surface area contributed by atoms with Gasteiger partial charge in [-0.2, -0.15) is 5.10 Å². The molecular weight excluding hydrogens is 370 g/mol. The van der Waals surface area contributed by atoms with Crippen LogP contribution in [-0.4, -0.2) is 18.0 Å². The number of carbonyl (C=O) groups excluding carboxylic acids is 2. The van der Waals surface area contributed by atoms with Crippen LogP contribution in [0.5, 0.6) is 0 Å². The summed E-state index contributed by atoms with van der Waals surface area (Å²) in [5.74, 6) is -1.18. The topological polar surface area (TPSA) is 70.6 Å². The van der Waals surface area contributed by atoms with Crippen molar-refractivity contribution in [3.05, 3.63) is 64.1 Å². The molecule has 0 saturated heterocycles. The number of hydrogen-bond donors (Lipinski definition) is 2. The Hall–Kier alpha value is -2.47. The zero-order valence-electron chi connectivity index (χ0n) is 13.4. The first-order chi connectivity index (χ1) is 11.5. The average molecular weight is 388 g/mol. The molecule has 0 heterocycles. The van der Waals surface area contributed by atoms with Gasteiger partial charge in [-0.15, -0.1) is 0 Å². The summed E-state index contributed by atoms with van der Waals surface area (Å²) in [5.41, 5.74) is 4.73. The molecule has 6 heteroatoms. The highest BCUT2D eigenvalue weighted by atomic mass is 79.9. The fourth-order valence-corrected chi connectivity index (χ4v) is 2.36. The van der Waals surface area contributed by atoms with Gasteiger partial charge in [0.05, 0.1) is 6.21 Å². The number of hydrogen-bond acceptors (Lipinski definition) is 3. The van der Waals surface area contributed by atoms with Crippen molar-refractivity contribution in [1.29, 1.82) is 0 Å². The van der Waals surface area contributed by atoms with Crippen molar-refractivity contribution in [2.45, 2.75) is 19.8 Å². The van der Waals surface area contributed by atoms with Gasteiger partial charge in [0.25, 0.3) is 0 Å². The average Bonchev–Trinajstić information content (AvgIpc) is 2.55. The summed E-state index contributed by atoms with van der Waals surface area (Å²) < 4.78 is 0.903. The second-order valence-electron chi connectivity index (χ2n) is 5.48. The minimum Gasteiger partial charge on any atom is -0.318 e. The summed E-state index contributed by atoms with van der Waals surface area (Å²) in [6.07, 6.45) is 1.47. The lowest BCUT2D eigenvalue weighted by atomic mass is 10.0. The van der Waals surface area contributed by atoms with E-state index >= 15 is 0 Å². The van der Waals surface area contributed by atoms with Crippen molar-refractivity contribution >= 4 is 39.6 Å². The van der Waals surface area contributed by atoms with Crippen molar-refractivity contribution in [2.75, 3.05) is 5.32 Å². The Morgan fingerprint density at radius 1 is 1.08 bits per heavy atom. The van der Waals surface area contributed by atoms with Crippen molar-refractivity contribution in [1.82, 2.24) is 5.43 Å². The van der Waals surface area contributed by atoms with Crippen LogP contribution in [0, 0.1) is 0 Å². The van der Waals surface area contributed by atoms with E-state index in [1.54, 1.807) is 12.1 Å². The molecule has 0 spiro atoms. The number of nitrogens with zero attached hydrogens (tertiary/aromatic N) is 1. The van der Waals surface area contributed by atoms with Gasteiger partial charge in [-0.05, 0) is 41.3 Å². The highest BCUT2D eigenvalue weighted by Crippen LogP contribution is 2.17. The van der Waals surface area contributed by atoms with Gasteiger partial charge in [0.1, 0.15) is 0 Å². The van der Waals surface area contributed by atoms with Crippen LogP contribution in [0.2, 0.25) is 0 Å². The third-order valence-corrected chi connectivity index (χ3v) is 3.76. The molecule has 2 N–H and O–H groups in total. The first kappa shape index (κ1) is 17.9. The molecule has 5 nitrogen and oxygen atoms in total. The summed E-state index contributed by atoms with van der Waals surface area (Å²) in [5, 5.41) is 6.31. The quantitative estimate of drug-likeness (QED) is 0.477. The molecule has 2 aromatic carbocycles. The first-order valence-electron chi connectivity index (χ1n) is 7.45. The molecule has 2 amide bonds. The Kier molecular flexibility index (Phi) is 6.26. The Balaban J connectivity index is 1.89. The predicted molar refractivity (Wildman–Crippen MR) is 99.0 cm³/mol. The number of amides is 2. The molecule has 0 saturated carbocycles. The predicted octanol–water partition coefficient (Wildman–Crippen LogP) is 3.66. The lowest BCUT2D eigenvalue weighted by Gasteiger charge is -2.07. The van der Waals surface area contributed by atoms with Crippen LogP contribution < -0.4 is 10.7 Å². The smallest absolute Gasteiger partial charge is 0.318 e. The summed E-state index contributed by atoms with van der Waals surface area (Å²) in [7, 11) is 0. The van der Waals surface area contributed by atoms with E-state index in [-0.39, 0.29) is 0 Å². The van der Waals surface area contributed by atoms with E-state index in [1.807, 2.05) is 36.4 Å². The number of carbonyl (C=O) groups is 2. The second kappa shape index (κ2) is 8.40. The van der Waals surface area contributed by atoms with E-state index in [0.717, 1.165) is 15.6 Å². The summed E-state index contributed by atoms with van der Waals surface area (Å²) in [6.45, 7) is 4.18. The number of anilines is 1. The van der Waals surface area contributed by atoms with Gasteiger partial charge in [-0.1, -0.05) is 54.0 Å². The van der Waals surface area contributed by atoms with Gasteiger partial charge in [-0.25, -0.2) is 5.43 Å². The molecule has 0 unspecified atom stereocenters. The molecule has 0 aliphatic heterocycles. The van der Waals surface area contributed by atoms with Crippen LogP contribution in [0.3, 0.4) is 0 Å². The van der Waals surface area contributed by atoms with Gasteiger partial charge in [0.15, 0.2) is 0 Å². The van der Waals surface area contributed by atoms with Crippen LogP contribution in [0.25, 0.3) is 0 Å². The van der Waals surface area contributed by atoms with Gasteiger partial charge in [-0.3, -0.25) is 9.59 Å². The largest absolute Gasteiger partial charge is 0.329 e. The number of benzene rings is 2. The first-order valence-corrected chi connectivity index (χ1v) is 8.25. The molecule has 24 heavy (non-hydrogen) atoms. The van der Waals surface area contributed by atoms with Gasteiger partial charge in [0.2, 0.25) is 0 Å². The van der Waals surface area contributed by atoms with Gasteiger partial charge < -0.3 is 5.32 Å². The maximum absolute atomic E-state index is 11.8. The molecule has 0 aliphatic rings. The normalized spacial score (nSPS) is 10.8. The van der Waals surface area contributed by atoms with Crippen LogP contribution >= 0.6 is 15.9 Å². The monoisotopic (exact) mass is 387 g/mol. The third-order valence-electron chi connectivity index (χ3n) is 3.27. The van der Waals surface area contributed by atoms with Crippen molar-refractivity contribution in [2.24, 2.45) is 5.10 Å². The molecule has 124 valence electrons. The zero-order valence-corrected chi connectivity index (χ0v) is 15.0. The Morgan fingerprint density at radius 3 is 2.42 bits per heavy atom. The van der Waals surface area contributed by atoms with Crippen molar-refractivity contribution in [3.63, 3.8) is 0 Å². The zero-order chi connectivity index (χ0) is 17.5. The highest BCUT2D eigenvalue weighted by Gasteiger charge is 2.12. The third kappa shape index (κ3) is 5.31. The molecule has 0 fully saturated rings. The Bertz CT molecular complexity index is 755. The summed E-state index contributed by atoms with van der Waals surface area (Å²) in [6, 6.07) is 14.8. The molecule has 0 aliphatic carbocycles. The van der Waals surface area contributed by atoms with E-state index in [4.69, 9.17) is 0 Å². The van der Waals surface area contributed by atoms with Crippen LogP contribution in [0.1, 0.15) is 30.9 Å². The van der Waals surface area contributed by atoms with E-state index in [2.05, 4.69) is 45.6 Å². The number of nitrogens with one attached hydrogen (secondary N) is 2. The van der Waals surface area contributed by atoms with E-state index in [9.17, 15) is 9.59 Å². The number of halogens is 1. The fraction of sp³-hybridized carbons (Fsp3) is 0.167. The standard InChI is InChI=1S/C18H18BrN3O2/c1-12(2)14-6-8-16(9-7-14)21-17(23)18(24)22-20-11-13-4-3-5-15(19)10-13/h3-12H,1-2H3,(H,21,23)(H,22,24)/b20-11-.